The molecule has 3 N–H and O–H groups in total. The third-order valence-electron chi connectivity index (χ3n) is 16.1. The van der Waals surface area contributed by atoms with Gasteiger partial charge >= 0.3 is 39.5 Å². The molecule has 0 aliphatic carbocycles. The van der Waals surface area contributed by atoms with E-state index in [1.165, 1.54) is 154 Å². The average molecular weight is 1280 g/mol. The van der Waals surface area contributed by atoms with Crippen molar-refractivity contribution < 1.29 is 80.2 Å². The normalized spacial score (nSPS) is 14.5. The second-order valence-electron chi connectivity index (χ2n) is 25.3. The van der Waals surface area contributed by atoms with Crippen LogP contribution in [0.1, 0.15) is 343 Å². The maximum Gasteiger partial charge on any atom is 0.472 e. The second-order valence-corrected chi connectivity index (χ2v) is 28.2. The van der Waals surface area contributed by atoms with E-state index in [9.17, 15) is 43.2 Å². The predicted octanol–water partition coefficient (Wildman–Crippen LogP) is 19.2. The lowest BCUT2D eigenvalue weighted by atomic mass is 10.00. The smallest absolute Gasteiger partial charge is 0.462 e. The molecule has 19 heteroatoms. The maximum atomic E-state index is 13.0. The fourth-order valence-electron chi connectivity index (χ4n) is 10.2. The summed E-state index contributed by atoms with van der Waals surface area (Å²) in [6.07, 6.45) is 44.5. The lowest BCUT2D eigenvalue weighted by Gasteiger charge is -2.21. The third-order valence-corrected chi connectivity index (χ3v) is 18.0. The van der Waals surface area contributed by atoms with Crippen LogP contribution in [0.15, 0.2) is 0 Å². The van der Waals surface area contributed by atoms with Gasteiger partial charge in [0.1, 0.15) is 19.3 Å². The summed E-state index contributed by atoms with van der Waals surface area (Å²) in [5.74, 6) is -0.702. The van der Waals surface area contributed by atoms with E-state index in [2.05, 4.69) is 41.5 Å². The summed E-state index contributed by atoms with van der Waals surface area (Å²) in [7, 11) is -9.90. The number of ether oxygens (including phenoxy) is 4. The minimum absolute atomic E-state index is 0.103. The molecule has 0 amide bonds. The predicted molar refractivity (Wildman–Crippen MR) is 349 cm³/mol. The van der Waals surface area contributed by atoms with Crippen molar-refractivity contribution in [1.29, 1.82) is 0 Å². The van der Waals surface area contributed by atoms with Gasteiger partial charge in [-0.25, -0.2) is 9.13 Å². The van der Waals surface area contributed by atoms with Gasteiger partial charge in [-0.2, -0.15) is 0 Å². The minimum atomic E-state index is -4.95. The van der Waals surface area contributed by atoms with Crippen LogP contribution in [0.4, 0.5) is 0 Å². The molecule has 3 unspecified atom stereocenters. The molecule has 0 radical (unpaired) electrons. The molecule has 0 saturated carbocycles. The van der Waals surface area contributed by atoms with Gasteiger partial charge in [0.05, 0.1) is 26.4 Å². The van der Waals surface area contributed by atoms with Crippen molar-refractivity contribution in [3.8, 4) is 0 Å². The van der Waals surface area contributed by atoms with E-state index >= 15 is 0 Å². The number of phosphoric acid groups is 2. The van der Waals surface area contributed by atoms with Crippen molar-refractivity contribution in [1.82, 2.24) is 0 Å². The topological polar surface area (TPSA) is 237 Å². The molecule has 0 heterocycles. The Bertz CT molecular complexity index is 1700. The van der Waals surface area contributed by atoms with E-state index in [1.807, 2.05) is 0 Å². The molecule has 0 fully saturated rings. The van der Waals surface area contributed by atoms with Gasteiger partial charge in [-0.05, 0) is 37.5 Å². The van der Waals surface area contributed by atoms with E-state index < -0.39 is 97.5 Å². The van der Waals surface area contributed by atoms with Crippen molar-refractivity contribution in [3.05, 3.63) is 0 Å². The highest BCUT2D eigenvalue weighted by molar-refractivity contribution is 7.47. The number of aliphatic hydroxyl groups is 1. The van der Waals surface area contributed by atoms with Crippen molar-refractivity contribution >= 4 is 39.5 Å². The van der Waals surface area contributed by atoms with E-state index in [4.69, 9.17) is 37.0 Å². The molecule has 0 aromatic heterocycles. The van der Waals surface area contributed by atoms with Crippen molar-refractivity contribution in [2.24, 2.45) is 11.8 Å². The standard InChI is InChI=1S/C68H132O17P2/c1-7-10-12-14-16-18-20-22-24-26-28-32-40-46-52-67(72)84-63(56-78-65(70)50-44-38-31-27-25-23-21-19-17-15-13-11-8-2)58-82-86(74,75)80-54-62(69)55-81-87(76,77)83-59-64(85-68(73)53-47-41-33-29-30-36-42-48-60(4)5)57-79-66(71)51-45-39-35-34-37-43-49-61(6)9-3/h60-64,69H,7-59H2,1-6H3,(H,74,75)(H,76,77)/t61?,62-,63-,64-/m1/s1. The largest absolute Gasteiger partial charge is 0.472 e. The van der Waals surface area contributed by atoms with Crippen LogP contribution >= 0.6 is 15.6 Å². The van der Waals surface area contributed by atoms with Crippen LogP contribution in [0.25, 0.3) is 0 Å². The van der Waals surface area contributed by atoms with Crippen molar-refractivity contribution in [2.75, 3.05) is 39.6 Å². The number of esters is 4. The van der Waals surface area contributed by atoms with Crippen LogP contribution < -0.4 is 0 Å². The van der Waals surface area contributed by atoms with Crippen LogP contribution in [-0.4, -0.2) is 96.7 Å². The Morgan fingerprint density at radius 3 is 0.874 bits per heavy atom. The molecule has 17 nitrogen and oxygen atoms in total. The summed E-state index contributed by atoms with van der Waals surface area (Å²) in [6.45, 7) is 9.43. The molecule has 0 bridgehead atoms. The van der Waals surface area contributed by atoms with Crippen LogP contribution in [0.5, 0.6) is 0 Å². The zero-order chi connectivity index (χ0) is 64.3. The lowest BCUT2D eigenvalue weighted by Crippen LogP contribution is -2.30. The molecule has 0 aromatic rings. The average Bonchev–Trinajstić information content (AvgIpc) is 3.56. The van der Waals surface area contributed by atoms with Gasteiger partial charge in [0.25, 0.3) is 0 Å². The highest BCUT2D eigenvalue weighted by atomic mass is 31.2. The van der Waals surface area contributed by atoms with Gasteiger partial charge in [-0.1, -0.05) is 292 Å². The molecular formula is C68H132O17P2. The van der Waals surface area contributed by atoms with E-state index in [0.717, 1.165) is 102 Å². The fourth-order valence-corrected chi connectivity index (χ4v) is 11.8. The number of aliphatic hydroxyl groups excluding tert-OH is 1. The SMILES string of the molecule is CCCCCCCCCCCCCCCCC(=O)O[C@H](COC(=O)CCCCCCCCCCCCCCC)COP(=O)(O)OC[C@@H](O)COP(=O)(O)OC[C@@H](COC(=O)CCCCCCCCC(C)CC)OC(=O)CCCCCCCCCC(C)C. The lowest BCUT2D eigenvalue weighted by molar-refractivity contribution is -0.161. The van der Waals surface area contributed by atoms with Crippen LogP contribution in [0.2, 0.25) is 0 Å². The Labute approximate surface area is 530 Å². The van der Waals surface area contributed by atoms with Gasteiger partial charge in [0.2, 0.25) is 0 Å². The fraction of sp³-hybridized carbons (Fsp3) is 0.941. The van der Waals surface area contributed by atoms with E-state index in [0.29, 0.717) is 31.6 Å². The van der Waals surface area contributed by atoms with E-state index in [1.54, 1.807) is 0 Å². The van der Waals surface area contributed by atoms with Crippen LogP contribution in [-0.2, 0) is 65.4 Å². The quantitative estimate of drug-likeness (QED) is 0.0222. The molecule has 516 valence electrons. The summed E-state index contributed by atoms with van der Waals surface area (Å²) in [5, 5.41) is 10.6. The zero-order valence-electron chi connectivity index (χ0n) is 56.3. The van der Waals surface area contributed by atoms with Gasteiger partial charge in [-0.3, -0.25) is 37.3 Å². The molecule has 0 spiro atoms. The monoisotopic (exact) mass is 1280 g/mol. The van der Waals surface area contributed by atoms with Crippen molar-refractivity contribution in [2.45, 2.75) is 362 Å². The first kappa shape index (κ1) is 85.1. The Morgan fingerprint density at radius 2 is 0.586 bits per heavy atom. The number of carbonyl (C=O) groups is 4. The molecule has 0 aliphatic heterocycles. The number of carbonyl (C=O) groups excluding carboxylic acids is 4. The highest BCUT2D eigenvalue weighted by Gasteiger charge is 2.30. The first-order valence-corrected chi connectivity index (χ1v) is 38.5. The summed E-state index contributed by atoms with van der Waals surface area (Å²) in [5.41, 5.74) is 0. The molecule has 0 saturated heterocycles. The second kappa shape index (κ2) is 60.3. The zero-order valence-corrected chi connectivity index (χ0v) is 58.1. The minimum Gasteiger partial charge on any atom is -0.462 e. The highest BCUT2D eigenvalue weighted by Crippen LogP contribution is 2.45. The molecule has 6 atom stereocenters. The van der Waals surface area contributed by atoms with Gasteiger partial charge in [0, 0.05) is 25.7 Å². The van der Waals surface area contributed by atoms with Crippen LogP contribution in [0, 0.1) is 11.8 Å². The number of phosphoric ester groups is 2. The van der Waals surface area contributed by atoms with Gasteiger partial charge in [0.15, 0.2) is 12.2 Å². The maximum absolute atomic E-state index is 13.0. The summed E-state index contributed by atoms with van der Waals surface area (Å²) in [6, 6.07) is 0. The first-order valence-electron chi connectivity index (χ1n) is 35.5. The molecule has 0 aliphatic rings. The summed E-state index contributed by atoms with van der Waals surface area (Å²) < 4.78 is 68.2. The molecule has 87 heavy (non-hydrogen) atoms. The Balaban J connectivity index is 5.25. The Kier molecular flexibility index (Phi) is 59.0. The third kappa shape index (κ3) is 61.3. The number of rotatable bonds is 67. The summed E-state index contributed by atoms with van der Waals surface area (Å²) >= 11 is 0. The number of hydrogen-bond acceptors (Lipinski definition) is 15. The molecule has 0 aromatic carbocycles. The van der Waals surface area contributed by atoms with Crippen LogP contribution in [0.3, 0.4) is 0 Å². The Hall–Kier alpha value is -1.94. The van der Waals surface area contributed by atoms with Gasteiger partial charge in [-0.15, -0.1) is 0 Å². The van der Waals surface area contributed by atoms with Gasteiger partial charge < -0.3 is 33.8 Å². The molecular weight excluding hydrogens is 1150 g/mol. The summed E-state index contributed by atoms with van der Waals surface area (Å²) in [4.78, 5) is 72.4. The number of unbranched alkanes of at least 4 members (excludes halogenated alkanes) is 36. The van der Waals surface area contributed by atoms with Crippen molar-refractivity contribution in [3.63, 3.8) is 0 Å². The van der Waals surface area contributed by atoms with E-state index in [-0.39, 0.29) is 25.7 Å². The molecule has 0 rings (SSSR count). The first-order chi connectivity index (χ1) is 41.9. The Morgan fingerprint density at radius 1 is 0.333 bits per heavy atom. The number of hydrogen-bond donors (Lipinski definition) is 3.